The lowest BCUT2D eigenvalue weighted by Gasteiger charge is -2.34. The van der Waals surface area contributed by atoms with Crippen LogP contribution in [0.3, 0.4) is 0 Å². The van der Waals surface area contributed by atoms with Crippen molar-refractivity contribution in [3.63, 3.8) is 0 Å². The highest BCUT2D eigenvalue weighted by Crippen LogP contribution is 2.26. The Morgan fingerprint density at radius 1 is 1.22 bits per heavy atom. The molecule has 2 aliphatic rings. The summed E-state index contributed by atoms with van der Waals surface area (Å²) in [5.41, 5.74) is -1.13. The van der Waals surface area contributed by atoms with Crippen molar-refractivity contribution in [3.8, 4) is 0 Å². The van der Waals surface area contributed by atoms with Gasteiger partial charge in [0.25, 0.3) is 0 Å². The van der Waals surface area contributed by atoms with Crippen LogP contribution in [0.25, 0.3) is 0 Å². The Morgan fingerprint density at radius 3 is 2.48 bits per heavy atom. The first-order valence-corrected chi connectivity index (χ1v) is 8.44. The minimum Gasteiger partial charge on any atom is -0.479 e. The molecule has 0 aromatic rings. The predicted octanol–water partition coefficient (Wildman–Crippen LogP) is 1.74. The molecule has 0 spiro atoms. The number of hydrogen-bond donors (Lipinski definition) is 1. The number of aliphatic imine (C=N–C) groups is 1. The monoisotopic (exact) mass is 323 g/mol. The number of amides is 2. The van der Waals surface area contributed by atoms with Crippen LogP contribution in [0.5, 0.6) is 0 Å². The standard InChI is InChI=1S/C17H29N3O3/c1-16(2,3)15(22)20-10-6-8-12(20)13(21)19-17(4,5)14-18-9-7-11-23-14/h12H,6-11H2,1-5H3,(H,19,21)/t12-/m0/s1. The van der Waals surface area contributed by atoms with Crippen LogP contribution in [-0.4, -0.2) is 53.9 Å². The first-order valence-electron chi connectivity index (χ1n) is 8.44. The van der Waals surface area contributed by atoms with Crippen LogP contribution in [0.2, 0.25) is 0 Å². The summed E-state index contributed by atoms with van der Waals surface area (Å²) >= 11 is 0. The Morgan fingerprint density at radius 2 is 1.91 bits per heavy atom. The average molecular weight is 323 g/mol. The molecule has 2 amide bonds. The summed E-state index contributed by atoms with van der Waals surface area (Å²) in [6.07, 6.45) is 2.47. The average Bonchev–Trinajstić information content (AvgIpc) is 2.95. The summed E-state index contributed by atoms with van der Waals surface area (Å²) in [4.78, 5) is 31.4. The quantitative estimate of drug-likeness (QED) is 0.860. The molecule has 0 aromatic carbocycles. The van der Waals surface area contributed by atoms with Crippen molar-refractivity contribution in [2.24, 2.45) is 10.4 Å². The highest BCUT2D eigenvalue weighted by Gasteiger charge is 2.41. The number of hydrogen-bond acceptors (Lipinski definition) is 4. The Kier molecular flexibility index (Phi) is 5.01. The van der Waals surface area contributed by atoms with E-state index in [0.29, 0.717) is 25.5 Å². The fourth-order valence-electron chi connectivity index (χ4n) is 3.00. The number of carbonyl (C=O) groups is 2. The van der Waals surface area contributed by atoms with Gasteiger partial charge in [-0.25, -0.2) is 0 Å². The van der Waals surface area contributed by atoms with Gasteiger partial charge in [0.2, 0.25) is 17.7 Å². The van der Waals surface area contributed by atoms with Gasteiger partial charge < -0.3 is 15.0 Å². The van der Waals surface area contributed by atoms with Crippen molar-refractivity contribution >= 4 is 17.7 Å². The lowest BCUT2D eigenvalue weighted by molar-refractivity contribution is -0.145. The maximum atomic E-state index is 12.7. The molecule has 130 valence electrons. The van der Waals surface area contributed by atoms with Crippen LogP contribution >= 0.6 is 0 Å². The first kappa shape index (κ1) is 17.8. The van der Waals surface area contributed by atoms with Gasteiger partial charge in [0.1, 0.15) is 11.6 Å². The molecule has 0 radical (unpaired) electrons. The van der Waals surface area contributed by atoms with Gasteiger partial charge in [-0.05, 0) is 26.7 Å². The Bertz CT molecular complexity index is 506. The van der Waals surface area contributed by atoms with Gasteiger partial charge in [-0.15, -0.1) is 0 Å². The van der Waals surface area contributed by atoms with E-state index in [9.17, 15) is 9.59 Å². The third-order valence-corrected chi connectivity index (χ3v) is 4.22. The lowest BCUT2D eigenvalue weighted by Crippen LogP contribution is -2.57. The van der Waals surface area contributed by atoms with Gasteiger partial charge >= 0.3 is 0 Å². The number of ether oxygens (including phenoxy) is 1. The van der Waals surface area contributed by atoms with E-state index >= 15 is 0 Å². The summed E-state index contributed by atoms with van der Waals surface area (Å²) in [5.74, 6) is 0.477. The summed E-state index contributed by atoms with van der Waals surface area (Å²) in [6.45, 7) is 11.4. The first-order chi connectivity index (χ1) is 10.6. The largest absolute Gasteiger partial charge is 0.479 e. The lowest BCUT2D eigenvalue weighted by atomic mass is 9.94. The molecule has 23 heavy (non-hydrogen) atoms. The SMILES string of the molecule is CC(C)(C)C(=O)N1CCC[C@H]1C(=O)NC(C)(C)C1=NCCCO1. The van der Waals surface area contributed by atoms with E-state index in [2.05, 4.69) is 10.3 Å². The summed E-state index contributed by atoms with van der Waals surface area (Å²) in [7, 11) is 0. The van der Waals surface area contributed by atoms with Crippen LogP contribution in [0.15, 0.2) is 4.99 Å². The Labute approximate surface area is 138 Å². The summed E-state index contributed by atoms with van der Waals surface area (Å²) in [5, 5.41) is 3.02. The molecule has 0 aromatic heterocycles. The molecule has 0 bridgehead atoms. The van der Waals surface area contributed by atoms with Gasteiger partial charge in [0.05, 0.1) is 6.61 Å². The second-order valence-electron chi connectivity index (χ2n) is 7.91. The third kappa shape index (κ3) is 4.03. The van der Waals surface area contributed by atoms with Gasteiger partial charge in [0, 0.05) is 24.9 Å². The molecule has 0 unspecified atom stereocenters. The van der Waals surface area contributed by atoms with Crippen molar-refractivity contribution in [1.82, 2.24) is 10.2 Å². The van der Waals surface area contributed by atoms with E-state index in [4.69, 9.17) is 4.74 Å². The van der Waals surface area contributed by atoms with Crippen LogP contribution in [0.4, 0.5) is 0 Å². The smallest absolute Gasteiger partial charge is 0.243 e. The molecule has 1 atom stereocenters. The van der Waals surface area contributed by atoms with Crippen LogP contribution < -0.4 is 5.32 Å². The number of nitrogens with zero attached hydrogens (tertiary/aromatic N) is 2. The van der Waals surface area contributed by atoms with Crippen LogP contribution in [0, 0.1) is 5.41 Å². The van der Waals surface area contributed by atoms with E-state index in [1.807, 2.05) is 34.6 Å². The molecule has 0 saturated carbocycles. The van der Waals surface area contributed by atoms with E-state index in [1.54, 1.807) is 4.90 Å². The van der Waals surface area contributed by atoms with Crippen molar-refractivity contribution in [2.45, 2.75) is 65.5 Å². The number of likely N-dealkylation sites (tertiary alicyclic amines) is 1. The molecular formula is C17H29N3O3. The van der Waals surface area contributed by atoms with Gasteiger partial charge in [-0.3, -0.25) is 14.6 Å². The zero-order chi connectivity index (χ0) is 17.3. The maximum absolute atomic E-state index is 12.7. The van der Waals surface area contributed by atoms with E-state index < -0.39 is 17.0 Å². The predicted molar refractivity (Wildman–Crippen MR) is 89.3 cm³/mol. The van der Waals surface area contributed by atoms with Crippen molar-refractivity contribution < 1.29 is 14.3 Å². The van der Waals surface area contributed by atoms with E-state index in [1.165, 1.54) is 0 Å². The minimum absolute atomic E-state index is 0.0270. The van der Waals surface area contributed by atoms with Gasteiger partial charge in [-0.1, -0.05) is 20.8 Å². The van der Waals surface area contributed by atoms with Gasteiger partial charge in [0.15, 0.2) is 0 Å². The number of carbonyl (C=O) groups excluding carboxylic acids is 2. The topological polar surface area (TPSA) is 71.0 Å². The molecule has 2 aliphatic heterocycles. The zero-order valence-electron chi connectivity index (χ0n) is 14.9. The molecule has 1 N–H and O–H groups in total. The van der Waals surface area contributed by atoms with Crippen molar-refractivity contribution in [3.05, 3.63) is 0 Å². The number of rotatable bonds is 3. The minimum atomic E-state index is -0.656. The summed E-state index contributed by atoms with van der Waals surface area (Å²) in [6, 6.07) is -0.398. The molecule has 6 heteroatoms. The normalized spacial score (nSPS) is 22.4. The molecule has 1 fully saturated rings. The Hall–Kier alpha value is -1.59. The fourth-order valence-corrected chi connectivity index (χ4v) is 3.00. The molecule has 2 heterocycles. The van der Waals surface area contributed by atoms with Crippen molar-refractivity contribution in [2.75, 3.05) is 19.7 Å². The fraction of sp³-hybridized carbons (Fsp3) is 0.824. The maximum Gasteiger partial charge on any atom is 0.243 e. The second-order valence-corrected chi connectivity index (χ2v) is 7.91. The summed E-state index contributed by atoms with van der Waals surface area (Å²) < 4.78 is 5.59. The Balaban J connectivity index is 2.07. The molecular weight excluding hydrogens is 294 g/mol. The molecule has 2 rings (SSSR count). The highest BCUT2D eigenvalue weighted by molar-refractivity contribution is 5.95. The number of nitrogens with one attached hydrogen (secondary N) is 1. The van der Waals surface area contributed by atoms with Gasteiger partial charge in [-0.2, -0.15) is 0 Å². The zero-order valence-corrected chi connectivity index (χ0v) is 14.9. The highest BCUT2D eigenvalue weighted by atomic mass is 16.5. The second kappa shape index (κ2) is 6.49. The third-order valence-electron chi connectivity index (χ3n) is 4.22. The molecule has 6 nitrogen and oxygen atoms in total. The van der Waals surface area contributed by atoms with Crippen LogP contribution in [-0.2, 0) is 14.3 Å². The molecule has 1 saturated heterocycles. The molecule has 0 aliphatic carbocycles. The van der Waals surface area contributed by atoms with Crippen LogP contribution in [0.1, 0.15) is 53.9 Å². The van der Waals surface area contributed by atoms with E-state index in [-0.39, 0.29) is 11.8 Å². The van der Waals surface area contributed by atoms with Crippen molar-refractivity contribution in [1.29, 1.82) is 0 Å². The van der Waals surface area contributed by atoms with E-state index in [0.717, 1.165) is 19.4 Å².